The van der Waals surface area contributed by atoms with Gasteiger partial charge in [-0.3, -0.25) is 0 Å². The number of esters is 1. The van der Waals surface area contributed by atoms with Gasteiger partial charge < -0.3 is 10.5 Å². The molecule has 1 unspecified atom stereocenters. The molecule has 1 atom stereocenters. The maximum atomic E-state index is 13.8. The Balaban J connectivity index is 3.13. The number of carbonyl (C=O) groups excluding carboxylic acids is 1. The third-order valence-electron chi connectivity index (χ3n) is 2.46. The van der Waals surface area contributed by atoms with E-state index in [4.69, 9.17) is 5.73 Å². The number of hydrogen-bond acceptors (Lipinski definition) is 3. The fourth-order valence-electron chi connectivity index (χ4n) is 1.64. The Morgan fingerprint density at radius 2 is 2.11 bits per heavy atom. The van der Waals surface area contributed by atoms with Crippen molar-refractivity contribution in [3.05, 3.63) is 35.1 Å². The topological polar surface area (TPSA) is 52.3 Å². The van der Waals surface area contributed by atoms with Gasteiger partial charge in [0.25, 0.3) is 0 Å². The van der Waals surface area contributed by atoms with Crippen molar-refractivity contribution in [2.45, 2.75) is 32.2 Å². The Bertz CT molecular complexity index is 461. The molecule has 1 aromatic rings. The molecule has 106 valence electrons. The lowest BCUT2D eigenvalue weighted by molar-refractivity contribution is -0.173. The van der Waals surface area contributed by atoms with Crippen LogP contribution in [0.15, 0.2) is 18.2 Å². The van der Waals surface area contributed by atoms with Gasteiger partial charge in [0.2, 0.25) is 0 Å². The van der Waals surface area contributed by atoms with Gasteiger partial charge in [-0.2, -0.15) is 8.78 Å². The summed E-state index contributed by atoms with van der Waals surface area (Å²) in [5.74, 6) is -6.91. The summed E-state index contributed by atoms with van der Waals surface area (Å²) in [5, 5.41) is 0. The zero-order valence-electron chi connectivity index (χ0n) is 10.8. The monoisotopic (exact) mass is 275 g/mol. The highest BCUT2D eigenvalue weighted by Crippen LogP contribution is 2.32. The van der Waals surface area contributed by atoms with E-state index in [1.807, 2.05) is 0 Å². The molecule has 0 heterocycles. The van der Waals surface area contributed by atoms with Crippen LogP contribution < -0.4 is 5.73 Å². The number of hydrogen-bond donors (Lipinski definition) is 1. The normalized spacial score (nSPS) is 13.2. The predicted octanol–water partition coefficient (Wildman–Crippen LogP) is 2.37. The van der Waals surface area contributed by atoms with Crippen molar-refractivity contribution in [1.29, 1.82) is 0 Å². The number of halogens is 3. The van der Waals surface area contributed by atoms with Gasteiger partial charge in [0.15, 0.2) is 0 Å². The fraction of sp³-hybridized carbons (Fsp3) is 0.462. The molecule has 3 nitrogen and oxygen atoms in total. The quantitative estimate of drug-likeness (QED) is 0.839. The van der Waals surface area contributed by atoms with Crippen molar-refractivity contribution in [2.24, 2.45) is 5.73 Å². The number of rotatable bonds is 5. The molecule has 1 aromatic carbocycles. The van der Waals surface area contributed by atoms with Gasteiger partial charge in [0.1, 0.15) is 5.82 Å². The molecule has 0 spiro atoms. The summed E-state index contributed by atoms with van der Waals surface area (Å²) in [6.45, 7) is 2.90. The van der Waals surface area contributed by atoms with Crippen LogP contribution >= 0.6 is 0 Å². The molecule has 0 aliphatic rings. The van der Waals surface area contributed by atoms with E-state index in [-0.39, 0.29) is 12.6 Å². The summed E-state index contributed by atoms with van der Waals surface area (Å²) < 4.78 is 45.3. The third-order valence-corrected chi connectivity index (χ3v) is 2.46. The molecule has 6 heteroatoms. The summed E-state index contributed by atoms with van der Waals surface area (Å²) in [6, 6.07) is 2.97. The molecule has 19 heavy (non-hydrogen) atoms. The second-order valence-electron chi connectivity index (χ2n) is 4.29. The van der Waals surface area contributed by atoms with Crippen LogP contribution in [0.5, 0.6) is 0 Å². The first-order chi connectivity index (χ1) is 8.78. The SMILES string of the molecule is CCOC(=O)C(F)(F)c1cc(CC(C)N)ccc1F. The summed E-state index contributed by atoms with van der Waals surface area (Å²) >= 11 is 0. The number of alkyl halides is 2. The minimum absolute atomic E-state index is 0.199. The maximum Gasteiger partial charge on any atom is 0.382 e. The van der Waals surface area contributed by atoms with Crippen LogP contribution in [0.3, 0.4) is 0 Å². The molecule has 0 aliphatic carbocycles. The van der Waals surface area contributed by atoms with E-state index < -0.39 is 23.3 Å². The van der Waals surface area contributed by atoms with Crippen molar-refractivity contribution in [2.75, 3.05) is 6.61 Å². The highest BCUT2D eigenvalue weighted by molar-refractivity contribution is 5.79. The second-order valence-corrected chi connectivity index (χ2v) is 4.29. The average molecular weight is 275 g/mol. The van der Waals surface area contributed by atoms with E-state index in [1.165, 1.54) is 13.0 Å². The molecule has 0 aliphatic heterocycles. The summed E-state index contributed by atoms with van der Waals surface area (Å²) in [4.78, 5) is 11.2. The molecule has 0 saturated carbocycles. The second kappa shape index (κ2) is 6.06. The fourth-order valence-corrected chi connectivity index (χ4v) is 1.64. The maximum absolute atomic E-state index is 13.8. The van der Waals surface area contributed by atoms with Crippen molar-refractivity contribution in [3.8, 4) is 0 Å². The van der Waals surface area contributed by atoms with Crippen molar-refractivity contribution in [3.63, 3.8) is 0 Å². The van der Waals surface area contributed by atoms with E-state index in [0.717, 1.165) is 12.1 Å². The first-order valence-corrected chi connectivity index (χ1v) is 5.88. The summed E-state index contributed by atoms with van der Waals surface area (Å²) in [6.07, 6.45) is 0.312. The number of nitrogens with two attached hydrogens (primary N) is 1. The van der Waals surface area contributed by atoms with Gasteiger partial charge in [0, 0.05) is 6.04 Å². The highest BCUT2D eigenvalue weighted by Gasteiger charge is 2.45. The Kier molecular flexibility index (Phi) is 4.94. The van der Waals surface area contributed by atoms with Crippen LogP contribution in [0.4, 0.5) is 13.2 Å². The Labute approximate surface area is 109 Å². The first kappa shape index (κ1) is 15.5. The van der Waals surface area contributed by atoms with Crippen LogP contribution in [0.1, 0.15) is 25.0 Å². The summed E-state index contributed by atoms with van der Waals surface area (Å²) in [5.41, 5.74) is 5.01. The smallest absolute Gasteiger partial charge is 0.382 e. The minimum atomic E-state index is -4.01. The van der Waals surface area contributed by atoms with E-state index in [9.17, 15) is 18.0 Å². The lowest BCUT2D eigenvalue weighted by Gasteiger charge is -2.17. The van der Waals surface area contributed by atoms with E-state index in [2.05, 4.69) is 4.74 Å². The average Bonchev–Trinajstić information content (AvgIpc) is 2.31. The standard InChI is InChI=1S/C13H16F3NO2/c1-3-19-12(18)13(15,16)10-7-9(6-8(2)17)4-5-11(10)14/h4-5,7-8H,3,6,17H2,1-2H3. The first-order valence-electron chi connectivity index (χ1n) is 5.88. The zero-order valence-corrected chi connectivity index (χ0v) is 10.8. The van der Waals surface area contributed by atoms with Crippen molar-refractivity contribution < 1.29 is 22.7 Å². The molecule has 0 aromatic heterocycles. The molecular formula is C13H16F3NO2. The number of benzene rings is 1. The molecular weight excluding hydrogens is 259 g/mol. The molecule has 0 amide bonds. The van der Waals surface area contributed by atoms with Gasteiger partial charge in [0.05, 0.1) is 12.2 Å². The van der Waals surface area contributed by atoms with E-state index in [1.54, 1.807) is 6.92 Å². The lowest BCUT2D eigenvalue weighted by Crippen LogP contribution is -2.29. The van der Waals surface area contributed by atoms with Gasteiger partial charge in [-0.25, -0.2) is 9.18 Å². The largest absolute Gasteiger partial charge is 0.461 e. The Hall–Kier alpha value is -1.56. The van der Waals surface area contributed by atoms with Gasteiger partial charge in [-0.1, -0.05) is 6.07 Å². The molecule has 0 fully saturated rings. The lowest BCUT2D eigenvalue weighted by atomic mass is 10.0. The number of carbonyl (C=O) groups is 1. The van der Waals surface area contributed by atoms with E-state index in [0.29, 0.717) is 12.0 Å². The Morgan fingerprint density at radius 1 is 1.47 bits per heavy atom. The van der Waals surface area contributed by atoms with Gasteiger partial charge in [-0.15, -0.1) is 0 Å². The molecule has 1 rings (SSSR count). The zero-order chi connectivity index (χ0) is 14.6. The van der Waals surface area contributed by atoms with Crippen LogP contribution in [-0.2, 0) is 21.9 Å². The van der Waals surface area contributed by atoms with Crippen LogP contribution in [0, 0.1) is 5.82 Å². The van der Waals surface area contributed by atoms with Crippen molar-refractivity contribution in [1.82, 2.24) is 0 Å². The van der Waals surface area contributed by atoms with Crippen molar-refractivity contribution >= 4 is 5.97 Å². The van der Waals surface area contributed by atoms with Crippen LogP contribution in [-0.4, -0.2) is 18.6 Å². The molecule has 0 bridgehead atoms. The number of ether oxygens (including phenoxy) is 1. The minimum Gasteiger partial charge on any atom is -0.461 e. The van der Waals surface area contributed by atoms with E-state index >= 15 is 0 Å². The van der Waals surface area contributed by atoms with Crippen LogP contribution in [0.2, 0.25) is 0 Å². The third kappa shape index (κ3) is 3.70. The highest BCUT2D eigenvalue weighted by atomic mass is 19.3. The molecule has 2 N–H and O–H groups in total. The van der Waals surface area contributed by atoms with Crippen LogP contribution in [0.25, 0.3) is 0 Å². The molecule has 0 saturated heterocycles. The predicted molar refractivity (Wildman–Crippen MR) is 64.3 cm³/mol. The van der Waals surface area contributed by atoms with Gasteiger partial charge >= 0.3 is 11.9 Å². The Morgan fingerprint density at radius 3 is 2.63 bits per heavy atom. The summed E-state index contributed by atoms with van der Waals surface area (Å²) in [7, 11) is 0. The molecule has 0 radical (unpaired) electrons. The van der Waals surface area contributed by atoms with Gasteiger partial charge in [-0.05, 0) is 38.0 Å².